The van der Waals surface area contributed by atoms with Crippen molar-refractivity contribution in [3.05, 3.63) is 34.4 Å². The number of nitro benzene ring substituents is 1. The van der Waals surface area contributed by atoms with E-state index >= 15 is 0 Å². The number of benzene rings is 1. The van der Waals surface area contributed by atoms with E-state index in [9.17, 15) is 14.9 Å². The molecule has 0 saturated carbocycles. The zero-order valence-corrected chi connectivity index (χ0v) is 11.8. The molecule has 0 aliphatic carbocycles. The number of nitrogens with zero attached hydrogens (tertiary/aromatic N) is 1. The average Bonchev–Trinajstić information content (AvgIpc) is 3.03. The summed E-state index contributed by atoms with van der Waals surface area (Å²) in [7, 11) is 0. The lowest BCUT2D eigenvalue weighted by molar-refractivity contribution is -0.384. The van der Waals surface area contributed by atoms with E-state index in [2.05, 4.69) is 0 Å². The Hall–Kier alpha value is -2.19. The Morgan fingerprint density at radius 3 is 2.36 bits per heavy atom. The molecule has 0 spiro atoms. The molecule has 4 atom stereocenters. The minimum Gasteiger partial charge on any atom is -0.485 e. The van der Waals surface area contributed by atoms with Crippen molar-refractivity contribution in [3.63, 3.8) is 0 Å². The van der Waals surface area contributed by atoms with Gasteiger partial charge in [-0.25, -0.2) is 0 Å². The smallest absolute Gasteiger partial charge is 0.303 e. The van der Waals surface area contributed by atoms with Gasteiger partial charge in [0.1, 0.15) is 18.0 Å². The number of carbonyl (C=O) groups excluding carboxylic acids is 1. The molecule has 0 bridgehead atoms. The zero-order valence-electron chi connectivity index (χ0n) is 11.8. The van der Waals surface area contributed by atoms with Gasteiger partial charge < -0.3 is 18.9 Å². The number of hydrogen-bond acceptors (Lipinski definition) is 7. The Labute approximate surface area is 126 Å². The molecule has 3 rings (SSSR count). The molecule has 118 valence electrons. The molecule has 2 saturated heterocycles. The normalized spacial score (nSPS) is 29.9. The van der Waals surface area contributed by atoms with Crippen LogP contribution in [0.25, 0.3) is 0 Å². The molecular formula is C14H15NO7. The summed E-state index contributed by atoms with van der Waals surface area (Å²) in [6.07, 6.45) is -1.42. The number of fused-ring (bicyclic) bond motifs is 1. The molecule has 2 aliphatic rings. The fourth-order valence-corrected chi connectivity index (χ4v) is 2.67. The molecule has 0 N–H and O–H groups in total. The molecule has 8 nitrogen and oxygen atoms in total. The maximum atomic E-state index is 11.0. The van der Waals surface area contributed by atoms with E-state index in [0.717, 1.165) is 0 Å². The largest absolute Gasteiger partial charge is 0.485 e. The van der Waals surface area contributed by atoms with Crippen molar-refractivity contribution in [1.82, 2.24) is 0 Å². The highest BCUT2D eigenvalue weighted by atomic mass is 16.7. The lowest BCUT2D eigenvalue weighted by Gasteiger charge is -2.17. The number of esters is 1. The van der Waals surface area contributed by atoms with E-state index in [1.807, 2.05) is 0 Å². The van der Waals surface area contributed by atoms with Crippen LogP contribution in [0.4, 0.5) is 5.69 Å². The summed E-state index contributed by atoms with van der Waals surface area (Å²) in [5, 5.41) is 10.6. The lowest BCUT2D eigenvalue weighted by atomic mass is 10.1. The van der Waals surface area contributed by atoms with E-state index in [1.165, 1.54) is 31.2 Å². The van der Waals surface area contributed by atoms with E-state index in [1.54, 1.807) is 0 Å². The highest BCUT2D eigenvalue weighted by molar-refractivity contribution is 5.66. The summed E-state index contributed by atoms with van der Waals surface area (Å²) in [5.74, 6) is 0.122. The second-order valence-electron chi connectivity index (χ2n) is 5.15. The van der Waals surface area contributed by atoms with Crippen LogP contribution >= 0.6 is 0 Å². The third kappa shape index (κ3) is 2.88. The summed E-state index contributed by atoms with van der Waals surface area (Å²) in [5.41, 5.74) is -0.0000583. The maximum Gasteiger partial charge on any atom is 0.303 e. The van der Waals surface area contributed by atoms with Gasteiger partial charge in [0.2, 0.25) is 0 Å². The van der Waals surface area contributed by atoms with Crippen molar-refractivity contribution in [2.45, 2.75) is 31.3 Å². The van der Waals surface area contributed by atoms with Crippen LogP contribution in [-0.4, -0.2) is 48.5 Å². The van der Waals surface area contributed by atoms with Gasteiger partial charge in [0.25, 0.3) is 5.69 Å². The standard InChI is InChI=1S/C14H15NO7/c1-8(16)21-11-6-19-14-12(7-20-13(11)14)22-10-4-2-9(3-5-10)15(17)18/h2-5,11-14H,6-7H2,1H3/t11-,12?,13+,14+/m0/s1. The maximum absolute atomic E-state index is 11.0. The van der Waals surface area contributed by atoms with Gasteiger partial charge in [0, 0.05) is 19.1 Å². The van der Waals surface area contributed by atoms with Crippen molar-refractivity contribution >= 4 is 11.7 Å². The minimum atomic E-state index is -0.470. The average molecular weight is 309 g/mol. The Morgan fingerprint density at radius 2 is 1.77 bits per heavy atom. The first-order chi connectivity index (χ1) is 10.5. The Morgan fingerprint density at radius 1 is 1.18 bits per heavy atom. The van der Waals surface area contributed by atoms with Gasteiger partial charge in [-0.15, -0.1) is 0 Å². The molecule has 0 aromatic heterocycles. The van der Waals surface area contributed by atoms with Crippen molar-refractivity contribution in [3.8, 4) is 5.75 Å². The zero-order chi connectivity index (χ0) is 15.7. The van der Waals surface area contributed by atoms with Crippen molar-refractivity contribution in [2.24, 2.45) is 0 Å². The van der Waals surface area contributed by atoms with Crippen molar-refractivity contribution in [2.75, 3.05) is 13.2 Å². The first-order valence-electron chi connectivity index (χ1n) is 6.86. The van der Waals surface area contributed by atoms with Crippen LogP contribution in [0.15, 0.2) is 24.3 Å². The van der Waals surface area contributed by atoms with Gasteiger partial charge in [-0.3, -0.25) is 14.9 Å². The van der Waals surface area contributed by atoms with E-state index in [0.29, 0.717) is 12.4 Å². The molecule has 2 aliphatic heterocycles. The molecule has 8 heteroatoms. The number of hydrogen-bond donors (Lipinski definition) is 0. The Bertz CT molecular complexity index is 573. The summed E-state index contributed by atoms with van der Waals surface area (Å²) < 4.78 is 22.1. The quantitative estimate of drug-likeness (QED) is 0.466. The van der Waals surface area contributed by atoms with Crippen LogP contribution in [0.5, 0.6) is 5.75 Å². The molecule has 1 aromatic carbocycles. The molecule has 1 unspecified atom stereocenters. The summed E-state index contributed by atoms with van der Waals surface area (Å²) in [4.78, 5) is 21.2. The summed E-state index contributed by atoms with van der Waals surface area (Å²) in [6.45, 7) is 1.92. The van der Waals surface area contributed by atoms with Gasteiger partial charge in [-0.05, 0) is 12.1 Å². The Balaban J connectivity index is 1.63. The molecule has 1 aromatic rings. The topological polar surface area (TPSA) is 97.1 Å². The van der Waals surface area contributed by atoms with Gasteiger partial charge in [-0.1, -0.05) is 0 Å². The van der Waals surface area contributed by atoms with E-state index in [4.69, 9.17) is 18.9 Å². The number of carbonyl (C=O) groups is 1. The fourth-order valence-electron chi connectivity index (χ4n) is 2.67. The Kier molecular flexibility index (Phi) is 3.95. The molecule has 22 heavy (non-hydrogen) atoms. The van der Waals surface area contributed by atoms with Gasteiger partial charge >= 0.3 is 5.97 Å². The van der Waals surface area contributed by atoms with Crippen LogP contribution in [0, 0.1) is 10.1 Å². The predicted octanol–water partition coefficient (Wildman–Crippen LogP) is 1.07. The number of non-ortho nitro benzene ring substituents is 1. The highest BCUT2D eigenvalue weighted by Gasteiger charge is 2.50. The van der Waals surface area contributed by atoms with E-state index < -0.39 is 11.0 Å². The second-order valence-corrected chi connectivity index (χ2v) is 5.15. The molecular weight excluding hydrogens is 294 g/mol. The van der Waals surface area contributed by atoms with Crippen molar-refractivity contribution < 1.29 is 28.7 Å². The first-order valence-corrected chi connectivity index (χ1v) is 6.86. The third-order valence-electron chi connectivity index (χ3n) is 3.61. The van der Waals surface area contributed by atoms with Gasteiger partial charge in [0.15, 0.2) is 12.2 Å². The van der Waals surface area contributed by atoms with Crippen LogP contribution < -0.4 is 4.74 Å². The lowest BCUT2D eigenvalue weighted by Crippen LogP contribution is -2.36. The number of nitro groups is 1. The van der Waals surface area contributed by atoms with Crippen LogP contribution in [-0.2, 0) is 19.0 Å². The van der Waals surface area contributed by atoms with Gasteiger partial charge in [0.05, 0.1) is 18.1 Å². The van der Waals surface area contributed by atoms with Crippen LogP contribution in [0.1, 0.15) is 6.92 Å². The van der Waals surface area contributed by atoms with Crippen LogP contribution in [0.3, 0.4) is 0 Å². The summed E-state index contributed by atoms with van der Waals surface area (Å²) in [6, 6.07) is 5.81. The minimum absolute atomic E-state index is 0.0000583. The summed E-state index contributed by atoms with van der Waals surface area (Å²) >= 11 is 0. The molecule has 0 amide bonds. The van der Waals surface area contributed by atoms with Crippen molar-refractivity contribution in [1.29, 1.82) is 0 Å². The highest BCUT2D eigenvalue weighted by Crippen LogP contribution is 2.31. The molecule has 0 radical (unpaired) electrons. The third-order valence-corrected chi connectivity index (χ3v) is 3.61. The number of ether oxygens (including phenoxy) is 4. The van der Waals surface area contributed by atoms with Gasteiger partial charge in [-0.2, -0.15) is 0 Å². The van der Waals surface area contributed by atoms with Crippen LogP contribution in [0.2, 0.25) is 0 Å². The monoisotopic (exact) mass is 309 g/mol. The number of rotatable bonds is 4. The predicted molar refractivity (Wildman–Crippen MR) is 72.5 cm³/mol. The second kappa shape index (κ2) is 5.90. The first kappa shape index (κ1) is 14.7. The SMILES string of the molecule is CC(=O)O[C@H]1CO[C@@H]2C(Oc3ccc([N+](=O)[O-])cc3)CO[C@H]12. The molecule has 2 heterocycles. The molecule has 2 fully saturated rings. The van der Waals surface area contributed by atoms with E-state index in [-0.39, 0.29) is 36.6 Å². The fraction of sp³-hybridized carbons (Fsp3) is 0.500.